The van der Waals surface area contributed by atoms with E-state index in [1.165, 1.54) is 52.9 Å². The first-order valence-electron chi connectivity index (χ1n) is 10.2. The quantitative estimate of drug-likeness (QED) is 0.415. The lowest BCUT2D eigenvalue weighted by atomic mass is 10.1. The fourth-order valence-corrected chi connectivity index (χ4v) is 3.05. The Labute approximate surface area is 200 Å². The molecule has 0 unspecified atom stereocenters. The molecule has 1 heterocycles. The molecule has 35 heavy (non-hydrogen) atoms. The molecule has 184 valence electrons. The lowest BCUT2D eigenvalue weighted by molar-refractivity contribution is -0.119. The summed E-state index contributed by atoms with van der Waals surface area (Å²) in [4.78, 5) is 37.8. The highest BCUT2D eigenvalue weighted by Crippen LogP contribution is 2.34. The summed E-state index contributed by atoms with van der Waals surface area (Å²) in [6.07, 6.45) is 1.34. The maximum absolute atomic E-state index is 12.9. The van der Waals surface area contributed by atoms with Crippen molar-refractivity contribution in [1.82, 2.24) is 0 Å². The predicted molar refractivity (Wildman–Crippen MR) is 125 cm³/mol. The first-order chi connectivity index (χ1) is 16.9. The lowest BCUT2D eigenvalue weighted by Gasteiger charge is -2.15. The SMILES string of the molecule is COc1ccc(OC)c(NC(=O)COC(=O)c2cc(OC)c(OC)cc2NC(=O)c2ccco2)c1. The fourth-order valence-electron chi connectivity index (χ4n) is 3.05. The molecule has 3 aromatic rings. The number of hydrogen-bond donors (Lipinski definition) is 2. The molecule has 0 bridgehead atoms. The van der Waals surface area contributed by atoms with Crippen LogP contribution < -0.4 is 29.6 Å². The standard InChI is InChI=1S/C24H24N2O9/c1-30-14-7-8-18(31-2)17(10-14)25-22(27)13-35-24(29)15-11-20(32-3)21(33-4)12-16(15)26-23(28)19-6-5-9-34-19/h5-12H,13H2,1-4H3,(H,25,27)(H,26,28). The molecule has 0 aliphatic heterocycles. The maximum Gasteiger partial charge on any atom is 0.340 e. The summed E-state index contributed by atoms with van der Waals surface area (Å²) in [5, 5.41) is 5.18. The van der Waals surface area contributed by atoms with E-state index in [-0.39, 0.29) is 28.5 Å². The normalized spacial score (nSPS) is 10.2. The van der Waals surface area contributed by atoms with Gasteiger partial charge in [0.15, 0.2) is 23.9 Å². The Hall–Kier alpha value is -4.67. The largest absolute Gasteiger partial charge is 0.497 e. The highest BCUT2D eigenvalue weighted by Gasteiger charge is 2.22. The first kappa shape index (κ1) is 25.0. The minimum Gasteiger partial charge on any atom is -0.497 e. The summed E-state index contributed by atoms with van der Waals surface area (Å²) in [5.41, 5.74) is 0.351. The van der Waals surface area contributed by atoms with Crippen LogP contribution >= 0.6 is 0 Å². The Balaban J connectivity index is 1.77. The van der Waals surface area contributed by atoms with E-state index >= 15 is 0 Å². The number of carbonyl (C=O) groups is 3. The zero-order valence-corrected chi connectivity index (χ0v) is 19.5. The van der Waals surface area contributed by atoms with Gasteiger partial charge in [-0.15, -0.1) is 0 Å². The lowest BCUT2D eigenvalue weighted by Crippen LogP contribution is -2.22. The maximum atomic E-state index is 12.9. The molecule has 0 atom stereocenters. The second-order valence-electron chi connectivity index (χ2n) is 6.87. The highest BCUT2D eigenvalue weighted by molar-refractivity contribution is 6.07. The van der Waals surface area contributed by atoms with Crippen molar-refractivity contribution in [3.05, 3.63) is 60.1 Å². The van der Waals surface area contributed by atoms with Gasteiger partial charge in [0.05, 0.1) is 51.6 Å². The van der Waals surface area contributed by atoms with E-state index in [9.17, 15) is 14.4 Å². The molecule has 0 aliphatic rings. The first-order valence-corrected chi connectivity index (χ1v) is 10.2. The number of benzene rings is 2. The van der Waals surface area contributed by atoms with Crippen molar-refractivity contribution < 1.29 is 42.5 Å². The van der Waals surface area contributed by atoms with Gasteiger partial charge in [-0.25, -0.2) is 4.79 Å². The summed E-state index contributed by atoms with van der Waals surface area (Å²) in [5.74, 6) is -0.679. The van der Waals surface area contributed by atoms with Crippen molar-refractivity contribution in [2.75, 3.05) is 45.7 Å². The third kappa shape index (κ3) is 6.02. The number of hydrogen-bond acceptors (Lipinski definition) is 9. The molecule has 0 aliphatic carbocycles. The summed E-state index contributed by atoms with van der Waals surface area (Å²) in [7, 11) is 5.74. The Morgan fingerprint density at radius 1 is 0.800 bits per heavy atom. The monoisotopic (exact) mass is 484 g/mol. The van der Waals surface area contributed by atoms with Crippen LogP contribution in [0.5, 0.6) is 23.0 Å². The molecule has 0 radical (unpaired) electrons. The Morgan fingerprint density at radius 3 is 2.14 bits per heavy atom. The third-order valence-electron chi connectivity index (χ3n) is 4.75. The molecule has 1 aromatic heterocycles. The van der Waals surface area contributed by atoms with Crippen molar-refractivity contribution >= 4 is 29.2 Å². The van der Waals surface area contributed by atoms with Gasteiger partial charge in [-0.3, -0.25) is 9.59 Å². The molecule has 2 amide bonds. The van der Waals surface area contributed by atoms with Crippen LogP contribution in [0.3, 0.4) is 0 Å². The van der Waals surface area contributed by atoms with E-state index in [1.54, 1.807) is 24.3 Å². The minimum atomic E-state index is -0.881. The second-order valence-corrected chi connectivity index (χ2v) is 6.87. The zero-order chi connectivity index (χ0) is 25.4. The molecule has 0 saturated carbocycles. The molecule has 3 rings (SSSR count). The average Bonchev–Trinajstić information content (AvgIpc) is 3.42. The van der Waals surface area contributed by atoms with Gasteiger partial charge < -0.3 is 38.7 Å². The molecule has 0 saturated heterocycles. The Morgan fingerprint density at radius 2 is 1.51 bits per heavy atom. The second kappa shape index (κ2) is 11.5. The smallest absolute Gasteiger partial charge is 0.340 e. The van der Waals surface area contributed by atoms with Crippen LogP contribution in [-0.2, 0) is 9.53 Å². The molecule has 2 aromatic carbocycles. The number of nitrogens with one attached hydrogen (secondary N) is 2. The highest BCUT2D eigenvalue weighted by atomic mass is 16.5. The molecule has 11 heteroatoms. The van der Waals surface area contributed by atoms with Gasteiger partial charge in [-0.05, 0) is 24.3 Å². The van der Waals surface area contributed by atoms with E-state index in [1.807, 2.05) is 0 Å². The van der Waals surface area contributed by atoms with Gasteiger partial charge in [0, 0.05) is 18.2 Å². The number of carbonyl (C=O) groups excluding carboxylic acids is 3. The molecule has 0 fully saturated rings. The molecular weight excluding hydrogens is 460 g/mol. The van der Waals surface area contributed by atoms with Crippen LogP contribution in [-0.4, -0.2) is 52.8 Å². The van der Waals surface area contributed by atoms with E-state index in [2.05, 4.69) is 10.6 Å². The van der Waals surface area contributed by atoms with E-state index in [0.29, 0.717) is 17.2 Å². The molecule has 2 N–H and O–H groups in total. The summed E-state index contributed by atoms with van der Waals surface area (Å²) in [6, 6.07) is 10.6. The van der Waals surface area contributed by atoms with Crippen LogP contribution in [0.2, 0.25) is 0 Å². The van der Waals surface area contributed by atoms with Gasteiger partial charge in [0.2, 0.25) is 0 Å². The van der Waals surface area contributed by atoms with Gasteiger partial charge in [-0.2, -0.15) is 0 Å². The van der Waals surface area contributed by atoms with Crippen LogP contribution in [0, 0.1) is 0 Å². The van der Waals surface area contributed by atoms with Crippen LogP contribution in [0.1, 0.15) is 20.9 Å². The Kier molecular flexibility index (Phi) is 8.17. The van der Waals surface area contributed by atoms with Gasteiger partial charge in [-0.1, -0.05) is 0 Å². The van der Waals surface area contributed by atoms with Gasteiger partial charge in [0.1, 0.15) is 11.5 Å². The number of methoxy groups -OCH3 is 4. The van der Waals surface area contributed by atoms with Crippen molar-refractivity contribution in [1.29, 1.82) is 0 Å². The van der Waals surface area contributed by atoms with Crippen LogP contribution in [0.4, 0.5) is 11.4 Å². The minimum absolute atomic E-state index is 0.0331. The number of amides is 2. The Bertz CT molecular complexity index is 1210. The van der Waals surface area contributed by atoms with E-state index < -0.39 is 24.4 Å². The number of esters is 1. The van der Waals surface area contributed by atoms with Crippen LogP contribution in [0.15, 0.2) is 53.1 Å². The topological polar surface area (TPSA) is 135 Å². The molecule has 11 nitrogen and oxygen atoms in total. The summed E-state index contributed by atoms with van der Waals surface area (Å²) >= 11 is 0. The van der Waals surface area contributed by atoms with Gasteiger partial charge >= 0.3 is 5.97 Å². The predicted octanol–water partition coefficient (Wildman–Crippen LogP) is 3.36. The van der Waals surface area contributed by atoms with E-state index in [4.69, 9.17) is 28.1 Å². The van der Waals surface area contributed by atoms with Crippen molar-refractivity contribution in [2.45, 2.75) is 0 Å². The molecule has 0 spiro atoms. The summed E-state index contributed by atoms with van der Waals surface area (Å²) in [6.45, 7) is -0.612. The van der Waals surface area contributed by atoms with E-state index in [0.717, 1.165) is 0 Å². The number of anilines is 2. The van der Waals surface area contributed by atoms with Crippen molar-refractivity contribution in [3.63, 3.8) is 0 Å². The number of rotatable bonds is 10. The summed E-state index contributed by atoms with van der Waals surface area (Å²) < 4.78 is 31.1. The fraction of sp³-hybridized carbons (Fsp3) is 0.208. The zero-order valence-electron chi connectivity index (χ0n) is 19.5. The molecular formula is C24H24N2O9. The average molecular weight is 484 g/mol. The van der Waals surface area contributed by atoms with Gasteiger partial charge in [0.25, 0.3) is 11.8 Å². The number of ether oxygens (including phenoxy) is 5. The van der Waals surface area contributed by atoms with Crippen molar-refractivity contribution in [3.8, 4) is 23.0 Å². The van der Waals surface area contributed by atoms with Crippen LogP contribution in [0.25, 0.3) is 0 Å². The third-order valence-corrected chi connectivity index (χ3v) is 4.75. The van der Waals surface area contributed by atoms with Crippen molar-refractivity contribution in [2.24, 2.45) is 0 Å². The number of furan rings is 1.